The van der Waals surface area contributed by atoms with E-state index in [2.05, 4.69) is 22.5 Å². The topological polar surface area (TPSA) is 91.4 Å². The SMILES string of the molecule is CCCCc1ccc(N2C(=O)C(Cl)=C(Nc3ccc(C(=O)Nc4nc(C)cs4)cc3)C2=O)cc1. The van der Waals surface area contributed by atoms with Crippen molar-refractivity contribution in [2.45, 2.75) is 33.1 Å². The lowest BCUT2D eigenvalue weighted by Crippen LogP contribution is -2.32. The standard InChI is InChI=1S/C25H23ClN4O3S/c1-3-4-5-16-6-12-19(13-7-16)30-23(32)20(26)21(24(30)33)28-18-10-8-17(9-11-18)22(31)29-25-27-15(2)14-34-25/h6-14,28H,3-5H2,1-2H3,(H,27,29,31). The van der Waals surface area contributed by atoms with Crippen molar-refractivity contribution >= 4 is 57.2 Å². The van der Waals surface area contributed by atoms with Crippen LogP contribution in [0.2, 0.25) is 0 Å². The molecule has 0 bridgehead atoms. The maximum Gasteiger partial charge on any atom is 0.283 e. The highest BCUT2D eigenvalue weighted by Gasteiger charge is 2.38. The van der Waals surface area contributed by atoms with Gasteiger partial charge in [-0.3, -0.25) is 19.7 Å². The Labute approximate surface area is 206 Å². The summed E-state index contributed by atoms with van der Waals surface area (Å²) in [6.45, 7) is 3.98. The predicted molar refractivity (Wildman–Crippen MR) is 135 cm³/mol. The fourth-order valence-electron chi connectivity index (χ4n) is 3.47. The molecular weight excluding hydrogens is 472 g/mol. The predicted octanol–water partition coefficient (Wildman–Crippen LogP) is 5.48. The van der Waals surface area contributed by atoms with Crippen LogP contribution in [0.25, 0.3) is 0 Å². The number of unbranched alkanes of at least 4 members (excludes halogenated alkanes) is 1. The first kappa shape index (κ1) is 23.7. The van der Waals surface area contributed by atoms with Gasteiger partial charge in [0.1, 0.15) is 10.7 Å². The van der Waals surface area contributed by atoms with Crippen LogP contribution in [0.3, 0.4) is 0 Å². The number of rotatable bonds is 8. The van der Waals surface area contributed by atoms with Crippen molar-refractivity contribution in [3.63, 3.8) is 0 Å². The minimum absolute atomic E-state index is 0.00260. The number of nitrogens with one attached hydrogen (secondary N) is 2. The molecule has 2 N–H and O–H groups in total. The van der Waals surface area contributed by atoms with Crippen molar-refractivity contribution in [2.24, 2.45) is 0 Å². The Morgan fingerprint density at radius 3 is 2.38 bits per heavy atom. The van der Waals surface area contributed by atoms with Gasteiger partial charge in [-0.05, 0) is 61.7 Å². The third-order valence-electron chi connectivity index (χ3n) is 5.30. The van der Waals surface area contributed by atoms with Gasteiger partial charge in [0.2, 0.25) is 0 Å². The van der Waals surface area contributed by atoms with E-state index in [1.165, 1.54) is 11.3 Å². The van der Waals surface area contributed by atoms with Crippen LogP contribution in [0, 0.1) is 6.92 Å². The van der Waals surface area contributed by atoms with Gasteiger partial charge in [0.05, 0.1) is 11.4 Å². The maximum atomic E-state index is 13.0. The minimum atomic E-state index is -0.579. The number of amides is 3. The third-order valence-corrected chi connectivity index (χ3v) is 6.52. The number of imide groups is 1. The van der Waals surface area contributed by atoms with E-state index in [1.54, 1.807) is 36.4 Å². The van der Waals surface area contributed by atoms with Gasteiger partial charge in [-0.25, -0.2) is 9.88 Å². The van der Waals surface area contributed by atoms with Gasteiger partial charge in [-0.15, -0.1) is 11.3 Å². The first-order valence-corrected chi connectivity index (χ1v) is 12.1. The summed E-state index contributed by atoms with van der Waals surface area (Å²) in [6.07, 6.45) is 3.12. The minimum Gasteiger partial charge on any atom is -0.350 e. The molecule has 2 aromatic carbocycles. The fourth-order valence-corrected chi connectivity index (χ4v) is 4.36. The van der Waals surface area contributed by atoms with Gasteiger partial charge in [0.15, 0.2) is 5.13 Å². The lowest BCUT2D eigenvalue weighted by Gasteiger charge is -2.15. The molecule has 1 aliphatic rings. The average Bonchev–Trinajstić information content (AvgIpc) is 3.34. The van der Waals surface area contributed by atoms with Crippen molar-refractivity contribution in [1.29, 1.82) is 0 Å². The molecule has 0 fully saturated rings. The van der Waals surface area contributed by atoms with Crippen molar-refractivity contribution in [3.8, 4) is 0 Å². The molecule has 1 aromatic heterocycles. The highest BCUT2D eigenvalue weighted by Crippen LogP contribution is 2.30. The van der Waals surface area contributed by atoms with Crippen LogP contribution in [-0.4, -0.2) is 22.7 Å². The van der Waals surface area contributed by atoms with E-state index in [-0.39, 0.29) is 16.6 Å². The molecule has 3 aromatic rings. The fraction of sp³-hybridized carbons (Fsp3) is 0.200. The zero-order chi connectivity index (χ0) is 24.2. The monoisotopic (exact) mass is 494 g/mol. The van der Waals surface area contributed by atoms with Crippen LogP contribution in [0.15, 0.2) is 64.6 Å². The van der Waals surface area contributed by atoms with Crippen LogP contribution in [0.4, 0.5) is 16.5 Å². The molecule has 4 rings (SSSR count). The number of hydrogen-bond acceptors (Lipinski definition) is 6. The highest BCUT2D eigenvalue weighted by molar-refractivity contribution is 7.13. The molecule has 0 saturated heterocycles. The number of aromatic nitrogens is 1. The van der Waals surface area contributed by atoms with Gasteiger partial charge in [-0.1, -0.05) is 37.1 Å². The Hall–Kier alpha value is -3.49. The molecule has 7 nitrogen and oxygen atoms in total. The molecule has 2 heterocycles. The average molecular weight is 495 g/mol. The lowest BCUT2D eigenvalue weighted by molar-refractivity contribution is -0.120. The number of benzene rings is 2. The molecular formula is C25H23ClN4O3S. The number of halogens is 1. The summed E-state index contributed by atoms with van der Waals surface area (Å²) in [7, 11) is 0. The lowest BCUT2D eigenvalue weighted by atomic mass is 10.1. The summed E-state index contributed by atoms with van der Waals surface area (Å²) in [5.74, 6) is -1.40. The number of nitrogens with zero attached hydrogens (tertiary/aromatic N) is 2. The summed E-state index contributed by atoms with van der Waals surface area (Å²) in [4.78, 5) is 43.4. The summed E-state index contributed by atoms with van der Waals surface area (Å²) in [6, 6.07) is 13.9. The second kappa shape index (κ2) is 10.2. The smallest absolute Gasteiger partial charge is 0.283 e. The molecule has 0 radical (unpaired) electrons. The number of carbonyl (C=O) groups is 3. The Balaban J connectivity index is 1.44. The molecule has 0 spiro atoms. The van der Waals surface area contributed by atoms with E-state index >= 15 is 0 Å². The molecule has 34 heavy (non-hydrogen) atoms. The summed E-state index contributed by atoms with van der Waals surface area (Å²) in [5.41, 5.74) is 3.40. The van der Waals surface area contributed by atoms with Gasteiger partial charge in [0.25, 0.3) is 17.7 Å². The van der Waals surface area contributed by atoms with E-state index in [1.807, 2.05) is 24.4 Å². The van der Waals surface area contributed by atoms with E-state index in [0.29, 0.717) is 22.1 Å². The molecule has 0 atom stereocenters. The zero-order valence-electron chi connectivity index (χ0n) is 18.7. The van der Waals surface area contributed by atoms with Crippen LogP contribution in [0.5, 0.6) is 0 Å². The normalized spacial score (nSPS) is 13.6. The molecule has 0 aliphatic carbocycles. The Bertz CT molecular complexity index is 1270. The van der Waals surface area contributed by atoms with Crippen molar-refractivity contribution < 1.29 is 14.4 Å². The number of carbonyl (C=O) groups excluding carboxylic acids is 3. The number of anilines is 3. The van der Waals surface area contributed by atoms with Crippen molar-refractivity contribution in [3.05, 3.63) is 81.5 Å². The van der Waals surface area contributed by atoms with E-state index < -0.39 is 11.8 Å². The molecule has 1 aliphatic heterocycles. The second-order valence-corrected chi connectivity index (χ2v) is 9.09. The molecule has 9 heteroatoms. The maximum absolute atomic E-state index is 13.0. The van der Waals surface area contributed by atoms with Crippen LogP contribution >= 0.6 is 22.9 Å². The first-order valence-electron chi connectivity index (χ1n) is 10.9. The van der Waals surface area contributed by atoms with Crippen molar-refractivity contribution in [1.82, 2.24) is 4.98 Å². The van der Waals surface area contributed by atoms with Gasteiger partial charge >= 0.3 is 0 Å². The molecule has 3 amide bonds. The van der Waals surface area contributed by atoms with Crippen LogP contribution in [-0.2, 0) is 16.0 Å². The quantitative estimate of drug-likeness (QED) is 0.404. The Morgan fingerprint density at radius 2 is 1.76 bits per heavy atom. The number of hydrogen-bond donors (Lipinski definition) is 2. The van der Waals surface area contributed by atoms with Crippen molar-refractivity contribution in [2.75, 3.05) is 15.5 Å². The molecule has 0 saturated carbocycles. The van der Waals surface area contributed by atoms with Crippen LogP contribution in [0.1, 0.15) is 41.4 Å². The third kappa shape index (κ3) is 5.03. The van der Waals surface area contributed by atoms with E-state index in [0.717, 1.165) is 35.4 Å². The van der Waals surface area contributed by atoms with E-state index in [4.69, 9.17) is 11.6 Å². The number of thiazole rings is 1. The Kier molecular flexibility index (Phi) is 7.09. The molecule has 0 unspecified atom stereocenters. The highest BCUT2D eigenvalue weighted by atomic mass is 35.5. The second-order valence-electron chi connectivity index (χ2n) is 7.86. The number of aryl methyl sites for hydroxylation is 2. The van der Waals surface area contributed by atoms with Gasteiger partial charge in [0, 0.05) is 16.6 Å². The van der Waals surface area contributed by atoms with Gasteiger partial charge < -0.3 is 5.32 Å². The van der Waals surface area contributed by atoms with Gasteiger partial charge in [-0.2, -0.15) is 0 Å². The Morgan fingerprint density at radius 1 is 1.06 bits per heavy atom. The van der Waals surface area contributed by atoms with Crippen LogP contribution < -0.4 is 15.5 Å². The molecule has 174 valence electrons. The summed E-state index contributed by atoms with van der Waals surface area (Å²) >= 11 is 7.58. The van der Waals surface area contributed by atoms with E-state index in [9.17, 15) is 14.4 Å². The first-order chi connectivity index (χ1) is 16.4. The summed E-state index contributed by atoms with van der Waals surface area (Å²) in [5, 5.41) is 7.86. The summed E-state index contributed by atoms with van der Waals surface area (Å²) < 4.78 is 0. The largest absolute Gasteiger partial charge is 0.350 e. The zero-order valence-corrected chi connectivity index (χ0v) is 20.3.